The normalized spacial score (nSPS) is 10.4. The summed E-state index contributed by atoms with van der Waals surface area (Å²) in [5.74, 6) is 2.25. The molecule has 0 aliphatic carbocycles. The van der Waals surface area contributed by atoms with Gasteiger partial charge in [-0.05, 0) is 83.6 Å². The van der Waals surface area contributed by atoms with Gasteiger partial charge >= 0.3 is 0 Å². The van der Waals surface area contributed by atoms with Crippen molar-refractivity contribution in [2.24, 2.45) is 0 Å². The third-order valence-corrected chi connectivity index (χ3v) is 5.73. The highest BCUT2D eigenvalue weighted by molar-refractivity contribution is 5.68. The van der Waals surface area contributed by atoms with Crippen LogP contribution in [0.25, 0.3) is 11.1 Å². The van der Waals surface area contributed by atoms with E-state index in [-0.39, 0.29) is 11.4 Å². The smallest absolute Gasteiger partial charge is 0.269 e. The summed E-state index contributed by atoms with van der Waals surface area (Å²) in [5.41, 5.74) is 3.74. The molecule has 4 aromatic carbocycles. The van der Waals surface area contributed by atoms with E-state index in [1.54, 1.807) is 36.4 Å². The lowest BCUT2D eigenvalue weighted by molar-refractivity contribution is -0.385. The fourth-order valence-corrected chi connectivity index (χ4v) is 3.87. The molecule has 0 aliphatic heterocycles. The largest absolute Gasteiger partial charge is 0.457 e. The Balaban J connectivity index is 1.61. The zero-order chi connectivity index (χ0) is 27.1. The van der Waals surface area contributed by atoms with Gasteiger partial charge in [-0.15, -0.1) is 13.2 Å². The molecule has 8 heteroatoms. The number of non-ortho nitro benzene ring substituents is 2. The first-order valence-corrected chi connectivity index (χ1v) is 11.7. The lowest BCUT2D eigenvalue weighted by Crippen LogP contribution is -1.95. The van der Waals surface area contributed by atoms with Crippen molar-refractivity contribution >= 4 is 11.4 Å². The second kappa shape index (κ2) is 11.7. The van der Waals surface area contributed by atoms with Crippen LogP contribution in [0.15, 0.2) is 110 Å². The van der Waals surface area contributed by atoms with Crippen molar-refractivity contribution in [1.29, 1.82) is 0 Å². The Morgan fingerprint density at radius 1 is 0.605 bits per heavy atom. The minimum atomic E-state index is -0.454. The van der Waals surface area contributed by atoms with Gasteiger partial charge in [0.2, 0.25) is 0 Å². The molecule has 4 rings (SSSR count). The molecule has 0 atom stereocenters. The Morgan fingerprint density at radius 2 is 0.974 bits per heavy atom. The zero-order valence-corrected chi connectivity index (χ0v) is 20.4. The molecule has 8 nitrogen and oxygen atoms in total. The minimum absolute atomic E-state index is 0.00431. The highest BCUT2D eigenvalue weighted by Crippen LogP contribution is 2.35. The quantitative estimate of drug-likeness (QED) is 0.115. The van der Waals surface area contributed by atoms with Crippen LogP contribution in [0.3, 0.4) is 0 Å². The maximum atomic E-state index is 10.9. The van der Waals surface area contributed by atoms with Gasteiger partial charge in [0.05, 0.1) is 9.85 Å². The summed E-state index contributed by atoms with van der Waals surface area (Å²) in [6, 6.07) is 23.5. The number of nitro benzene ring substituents is 2. The van der Waals surface area contributed by atoms with E-state index in [0.29, 0.717) is 35.8 Å². The van der Waals surface area contributed by atoms with E-state index in [9.17, 15) is 20.2 Å². The number of nitro groups is 2. The predicted molar refractivity (Wildman–Crippen MR) is 146 cm³/mol. The molecule has 0 amide bonds. The van der Waals surface area contributed by atoms with Crippen LogP contribution in [0.2, 0.25) is 0 Å². The molecular weight excluding hydrogens is 484 g/mol. The van der Waals surface area contributed by atoms with Crippen LogP contribution in [-0.2, 0) is 12.8 Å². The Labute approximate surface area is 219 Å². The Hall–Kier alpha value is -5.24. The summed E-state index contributed by atoms with van der Waals surface area (Å²) in [5, 5.41) is 21.8. The van der Waals surface area contributed by atoms with Crippen molar-refractivity contribution in [3.63, 3.8) is 0 Å². The zero-order valence-electron chi connectivity index (χ0n) is 20.4. The molecule has 0 bridgehead atoms. The van der Waals surface area contributed by atoms with Gasteiger partial charge in [0.15, 0.2) is 0 Å². The summed E-state index contributed by atoms with van der Waals surface area (Å²) < 4.78 is 12.0. The van der Waals surface area contributed by atoms with E-state index >= 15 is 0 Å². The molecule has 0 saturated heterocycles. The third-order valence-electron chi connectivity index (χ3n) is 5.73. The molecule has 0 radical (unpaired) electrons. The minimum Gasteiger partial charge on any atom is -0.457 e. The van der Waals surface area contributed by atoms with Crippen molar-refractivity contribution in [3.05, 3.63) is 142 Å². The lowest BCUT2D eigenvalue weighted by atomic mass is 9.98. The Bertz CT molecular complexity index is 1380. The fourth-order valence-electron chi connectivity index (χ4n) is 3.87. The van der Waals surface area contributed by atoms with E-state index in [2.05, 4.69) is 13.2 Å². The molecule has 0 aromatic heterocycles. The number of rotatable bonds is 11. The Kier molecular flexibility index (Phi) is 7.93. The van der Waals surface area contributed by atoms with Gasteiger partial charge in [-0.2, -0.15) is 0 Å². The Morgan fingerprint density at radius 3 is 1.29 bits per heavy atom. The maximum Gasteiger partial charge on any atom is 0.269 e. The van der Waals surface area contributed by atoms with Crippen molar-refractivity contribution in [2.45, 2.75) is 12.8 Å². The van der Waals surface area contributed by atoms with Gasteiger partial charge in [0.1, 0.15) is 23.0 Å². The average Bonchev–Trinajstić information content (AvgIpc) is 2.91. The third kappa shape index (κ3) is 6.11. The summed E-state index contributed by atoms with van der Waals surface area (Å²) in [6.07, 6.45) is 4.70. The van der Waals surface area contributed by atoms with Crippen LogP contribution in [0.4, 0.5) is 11.4 Å². The van der Waals surface area contributed by atoms with Crippen LogP contribution >= 0.6 is 0 Å². The van der Waals surface area contributed by atoms with E-state index in [4.69, 9.17) is 9.47 Å². The van der Waals surface area contributed by atoms with Crippen LogP contribution in [0, 0.1) is 20.2 Å². The van der Waals surface area contributed by atoms with Crippen LogP contribution in [0.5, 0.6) is 23.0 Å². The number of allylic oxidation sites excluding steroid dienone is 2. The van der Waals surface area contributed by atoms with E-state index in [1.807, 2.05) is 36.4 Å². The molecule has 38 heavy (non-hydrogen) atoms. The second-order valence-electron chi connectivity index (χ2n) is 8.34. The van der Waals surface area contributed by atoms with Gasteiger partial charge in [-0.3, -0.25) is 20.2 Å². The maximum absolute atomic E-state index is 10.9. The summed E-state index contributed by atoms with van der Waals surface area (Å²) in [6.45, 7) is 7.69. The molecule has 0 unspecified atom stereocenters. The van der Waals surface area contributed by atoms with Crippen molar-refractivity contribution < 1.29 is 19.3 Å². The highest BCUT2D eigenvalue weighted by Gasteiger charge is 2.12. The second-order valence-corrected chi connectivity index (χ2v) is 8.34. The molecule has 0 aliphatic rings. The van der Waals surface area contributed by atoms with Crippen molar-refractivity contribution in [2.75, 3.05) is 0 Å². The number of nitrogens with zero attached hydrogens (tertiary/aromatic N) is 2. The number of ether oxygens (including phenoxy) is 2. The highest BCUT2D eigenvalue weighted by atomic mass is 16.6. The average molecular weight is 509 g/mol. The molecule has 0 heterocycles. The van der Waals surface area contributed by atoms with Gasteiger partial charge in [0.25, 0.3) is 11.4 Å². The SMILES string of the molecule is C=CCc1cc(-c2ccc(Oc3ccc([N+](=O)[O-])cc3)c(CC=C)c2)ccc1Oc1ccc([N+](=O)[O-])cc1. The van der Waals surface area contributed by atoms with Gasteiger partial charge < -0.3 is 9.47 Å². The molecule has 0 saturated carbocycles. The lowest BCUT2D eigenvalue weighted by Gasteiger charge is -2.15. The summed E-state index contributed by atoms with van der Waals surface area (Å²) in [4.78, 5) is 20.9. The molecule has 4 aromatic rings. The summed E-state index contributed by atoms with van der Waals surface area (Å²) in [7, 11) is 0. The van der Waals surface area contributed by atoms with Gasteiger partial charge in [-0.1, -0.05) is 24.3 Å². The number of benzene rings is 4. The fraction of sp³-hybridized carbons (Fsp3) is 0.0667. The van der Waals surface area contributed by atoms with Crippen molar-refractivity contribution in [3.8, 4) is 34.1 Å². The van der Waals surface area contributed by atoms with E-state index < -0.39 is 9.85 Å². The molecule has 0 N–H and O–H groups in total. The molecular formula is C30H24N2O6. The first kappa shape index (κ1) is 25.8. The standard InChI is InChI=1S/C30H24N2O6/c1-3-5-23-19-21(7-17-29(23)37-27-13-9-25(10-14-27)31(33)34)22-8-18-30(24(20-22)6-4-2)38-28-15-11-26(12-16-28)32(35)36/h3-4,7-20H,1-2,5-6H2. The monoisotopic (exact) mass is 508 g/mol. The topological polar surface area (TPSA) is 105 Å². The molecule has 0 fully saturated rings. The molecule has 0 spiro atoms. The van der Waals surface area contributed by atoms with Gasteiger partial charge in [0, 0.05) is 24.3 Å². The first-order valence-electron chi connectivity index (χ1n) is 11.7. The number of hydrogen-bond acceptors (Lipinski definition) is 6. The van der Waals surface area contributed by atoms with Gasteiger partial charge in [-0.25, -0.2) is 0 Å². The van der Waals surface area contributed by atoms with Crippen LogP contribution in [-0.4, -0.2) is 9.85 Å². The van der Waals surface area contributed by atoms with Crippen molar-refractivity contribution in [1.82, 2.24) is 0 Å². The predicted octanol–water partition coefficient (Wildman–Crippen LogP) is 8.21. The number of hydrogen-bond donors (Lipinski definition) is 0. The van der Waals surface area contributed by atoms with Crippen LogP contribution < -0.4 is 9.47 Å². The summed E-state index contributed by atoms with van der Waals surface area (Å²) >= 11 is 0. The molecule has 190 valence electrons. The van der Waals surface area contributed by atoms with E-state index in [0.717, 1.165) is 22.3 Å². The van der Waals surface area contributed by atoms with Crippen LogP contribution in [0.1, 0.15) is 11.1 Å². The van der Waals surface area contributed by atoms with E-state index in [1.165, 1.54) is 24.3 Å². The first-order chi connectivity index (χ1) is 18.4.